The van der Waals surface area contributed by atoms with Crippen molar-refractivity contribution in [2.75, 3.05) is 32.8 Å². The van der Waals surface area contributed by atoms with Gasteiger partial charge in [0, 0.05) is 12.5 Å². The molecule has 1 aliphatic rings. The molecule has 1 saturated heterocycles. The second-order valence-corrected chi connectivity index (χ2v) is 13.3. The van der Waals surface area contributed by atoms with Gasteiger partial charge in [-0.15, -0.1) is 0 Å². The molecule has 1 amide bonds. The number of amides is 1. The highest BCUT2D eigenvalue weighted by Crippen LogP contribution is 2.32. The number of hydrogen-bond donors (Lipinski definition) is 0. The summed E-state index contributed by atoms with van der Waals surface area (Å²) in [6, 6.07) is 11.1. The first-order valence-corrected chi connectivity index (χ1v) is 11.6. The van der Waals surface area contributed by atoms with Crippen LogP contribution in [0.5, 0.6) is 0 Å². The molecule has 0 aromatic heterocycles. The topological polar surface area (TPSA) is 20.3 Å². The molecule has 1 heterocycles. The summed E-state index contributed by atoms with van der Waals surface area (Å²) < 4.78 is 1.07. The maximum atomic E-state index is 11.8. The SMILES string of the molecule is CC(=O)N1CC[N@@+](C)(C[Si](C)(C)C)C(c2ccccc2)C1. The van der Waals surface area contributed by atoms with E-state index in [2.05, 4.69) is 57.0 Å². The minimum atomic E-state index is -1.17. The Morgan fingerprint density at radius 1 is 1.29 bits per heavy atom. The van der Waals surface area contributed by atoms with Crippen LogP contribution in [-0.2, 0) is 4.79 Å². The Bertz CT molecular complexity index is 497. The minimum Gasteiger partial charge on any atom is -0.331 e. The zero-order valence-electron chi connectivity index (χ0n) is 14.1. The molecule has 1 unspecified atom stereocenters. The molecule has 1 aliphatic heterocycles. The van der Waals surface area contributed by atoms with Crippen LogP contribution in [0.4, 0.5) is 0 Å². The molecule has 1 fully saturated rings. The number of nitrogens with zero attached hydrogens (tertiary/aromatic N) is 2. The fourth-order valence-electron chi connectivity index (χ4n) is 3.70. The van der Waals surface area contributed by atoms with Gasteiger partial charge in [0.15, 0.2) is 0 Å². The molecular formula is C17H29N2OSi+. The first-order valence-electron chi connectivity index (χ1n) is 7.86. The molecule has 0 radical (unpaired) electrons. The van der Waals surface area contributed by atoms with Gasteiger partial charge in [0.25, 0.3) is 0 Å². The minimum absolute atomic E-state index is 0.204. The number of hydrogen-bond acceptors (Lipinski definition) is 1. The molecule has 0 spiro atoms. The summed E-state index contributed by atoms with van der Waals surface area (Å²) in [4.78, 5) is 13.8. The highest BCUT2D eigenvalue weighted by Gasteiger charge is 2.42. The number of carbonyl (C=O) groups excluding carboxylic acids is 1. The van der Waals surface area contributed by atoms with Crippen molar-refractivity contribution < 1.29 is 9.28 Å². The third-order valence-corrected chi connectivity index (χ3v) is 6.16. The molecule has 4 heteroatoms. The third-order valence-electron chi connectivity index (χ3n) is 4.49. The molecule has 21 heavy (non-hydrogen) atoms. The molecule has 116 valence electrons. The van der Waals surface area contributed by atoms with Gasteiger partial charge in [0.2, 0.25) is 5.91 Å². The van der Waals surface area contributed by atoms with Gasteiger partial charge in [-0.1, -0.05) is 50.0 Å². The predicted octanol–water partition coefficient (Wildman–Crippen LogP) is 2.91. The van der Waals surface area contributed by atoms with Crippen molar-refractivity contribution in [3.05, 3.63) is 35.9 Å². The molecule has 1 aromatic carbocycles. The van der Waals surface area contributed by atoms with Gasteiger partial charge >= 0.3 is 0 Å². The van der Waals surface area contributed by atoms with Crippen LogP contribution in [0.15, 0.2) is 30.3 Å². The monoisotopic (exact) mass is 305 g/mol. The van der Waals surface area contributed by atoms with Gasteiger partial charge in [-0.3, -0.25) is 4.79 Å². The summed E-state index contributed by atoms with van der Waals surface area (Å²) in [5.41, 5.74) is 1.37. The van der Waals surface area contributed by atoms with Gasteiger partial charge in [0.1, 0.15) is 14.1 Å². The lowest BCUT2D eigenvalue weighted by Gasteiger charge is -2.50. The zero-order valence-corrected chi connectivity index (χ0v) is 15.1. The number of likely N-dealkylation sites (N-methyl/N-ethyl adjacent to an activating group) is 1. The standard InChI is InChI=1S/C17H29N2OSi/c1-15(20)18-11-12-19(2,14-21(3,4)5)17(13-18)16-9-7-6-8-10-16/h6-10,17H,11-14H2,1-5H3/q+1/t17?,19-/m0/s1. The van der Waals surface area contributed by atoms with E-state index in [9.17, 15) is 4.79 Å². The summed E-state index contributed by atoms with van der Waals surface area (Å²) in [7, 11) is 1.21. The quantitative estimate of drug-likeness (QED) is 0.621. The van der Waals surface area contributed by atoms with E-state index in [1.165, 1.54) is 11.7 Å². The van der Waals surface area contributed by atoms with Crippen molar-refractivity contribution in [1.29, 1.82) is 0 Å². The van der Waals surface area contributed by atoms with Gasteiger partial charge < -0.3 is 9.38 Å². The van der Waals surface area contributed by atoms with Crippen LogP contribution in [-0.4, -0.2) is 56.2 Å². The molecule has 1 aromatic rings. The number of piperazine rings is 1. The molecular weight excluding hydrogens is 276 g/mol. The summed E-state index contributed by atoms with van der Waals surface area (Å²) in [6.45, 7) is 11.8. The van der Waals surface area contributed by atoms with Crippen LogP contribution in [0.3, 0.4) is 0 Å². The first-order chi connectivity index (χ1) is 9.71. The number of quaternary nitrogens is 1. The van der Waals surface area contributed by atoms with Crippen molar-refractivity contribution >= 4 is 14.0 Å². The van der Waals surface area contributed by atoms with E-state index in [1.54, 1.807) is 6.92 Å². The summed E-state index contributed by atoms with van der Waals surface area (Å²) in [6.07, 6.45) is 1.26. The smallest absolute Gasteiger partial charge is 0.219 e. The van der Waals surface area contributed by atoms with Crippen molar-refractivity contribution in [3.63, 3.8) is 0 Å². The number of carbonyl (C=O) groups is 1. The fourth-order valence-corrected chi connectivity index (χ4v) is 6.25. The second kappa shape index (κ2) is 5.93. The Morgan fingerprint density at radius 3 is 2.43 bits per heavy atom. The summed E-state index contributed by atoms with van der Waals surface area (Å²) >= 11 is 0. The van der Waals surface area contributed by atoms with E-state index in [0.29, 0.717) is 6.04 Å². The maximum Gasteiger partial charge on any atom is 0.219 e. The molecule has 2 atom stereocenters. The largest absolute Gasteiger partial charge is 0.331 e. The average molecular weight is 306 g/mol. The van der Waals surface area contributed by atoms with Crippen molar-refractivity contribution in [3.8, 4) is 0 Å². The lowest BCUT2D eigenvalue weighted by Crippen LogP contribution is -2.63. The third kappa shape index (κ3) is 3.95. The molecule has 2 rings (SSSR count). The van der Waals surface area contributed by atoms with E-state index >= 15 is 0 Å². The van der Waals surface area contributed by atoms with Crippen LogP contribution in [0.1, 0.15) is 18.5 Å². The van der Waals surface area contributed by atoms with Crippen LogP contribution in [0.2, 0.25) is 19.6 Å². The summed E-state index contributed by atoms with van der Waals surface area (Å²) in [5, 5.41) is 0. The fraction of sp³-hybridized carbons (Fsp3) is 0.588. The zero-order chi connectivity index (χ0) is 15.7. The Balaban J connectivity index is 2.32. The Morgan fingerprint density at radius 2 is 1.90 bits per heavy atom. The molecule has 3 nitrogen and oxygen atoms in total. The van der Waals surface area contributed by atoms with Gasteiger partial charge in [-0.25, -0.2) is 0 Å². The molecule has 0 bridgehead atoms. The van der Waals surface area contributed by atoms with Crippen LogP contribution >= 0.6 is 0 Å². The van der Waals surface area contributed by atoms with E-state index < -0.39 is 8.07 Å². The molecule has 0 saturated carbocycles. The highest BCUT2D eigenvalue weighted by atomic mass is 28.3. The molecule has 0 aliphatic carbocycles. The van der Waals surface area contributed by atoms with Crippen molar-refractivity contribution in [2.24, 2.45) is 0 Å². The number of benzene rings is 1. The average Bonchev–Trinajstić information content (AvgIpc) is 2.37. The van der Waals surface area contributed by atoms with E-state index in [0.717, 1.165) is 24.1 Å². The van der Waals surface area contributed by atoms with Gasteiger partial charge in [0.05, 0.1) is 32.8 Å². The highest BCUT2D eigenvalue weighted by molar-refractivity contribution is 6.76. The summed E-state index contributed by atoms with van der Waals surface area (Å²) in [5.74, 6) is 0.204. The van der Waals surface area contributed by atoms with E-state index in [4.69, 9.17) is 0 Å². The van der Waals surface area contributed by atoms with Crippen LogP contribution in [0.25, 0.3) is 0 Å². The van der Waals surface area contributed by atoms with E-state index in [1.807, 2.05) is 4.90 Å². The lowest BCUT2D eigenvalue weighted by atomic mass is 10.0. The van der Waals surface area contributed by atoms with Gasteiger partial charge in [-0.05, 0) is 0 Å². The Kier molecular flexibility index (Phi) is 4.59. The van der Waals surface area contributed by atoms with Gasteiger partial charge in [-0.2, -0.15) is 0 Å². The molecule has 0 N–H and O–H groups in total. The number of rotatable bonds is 3. The Hall–Kier alpha value is -1.13. The first kappa shape index (κ1) is 16.2. The maximum absolute atomic E-state index is 11.8. The normalized spacial score (nSPS) is 26.7. The van der Waals surface area contributed by atoms with Crippen LogP contribution in [0, 0.1) is 0 Å². The predicted molar refractivity (Wildman–Crippen MR) is 90.7 cm³/mol. The van der Waals surface area contributed by atoms with E-state index in [-0.39, 0.29) is 5.91 Å². The lowest BCUT2D eigenvalue weighted by molar-refractivity contribution is -0.934. The van der Waals surface area contributed by atoms with Crippen molar-refractivity contribution in [1.82, 2.24) is 4.90 Å². The van der Waals surface area contributed by atoms with Crippen LogP contribution < -0.4 is 0 Å². The van der Waals surface area contributed by atoms with Crippen molar-refractivity contribution in [2.45, 2.75) is 32.6 Å². The Labute approximate surface area is 130 Å². The second-order valence-electron chi connectivity index (χ2n) is 7.81.